The van der Waals surface area contributed by atoms with Gasteiger partial charge in [0.15, 0.2) is 0 Å². The predicted octanol–water partition coefficient (Wildman–Crippen LogP) is 1.92. The van der Waals surface area contributed by atoms with Crippen LogP contribution in [-0.2, 0) is 20.4 Å². The molecule has 1 N–H and O–H groups in total. The second kappa shape index (κ2) is 20.7. The molecule has 0 fully saturated rings. The summed E-state index contributed by atoms with van der Waals surface area (Å²) in [6, 6.07) is 0. The predicted molar refractivity (Wildman–Crippen MR) is 84.4 cm³/mol. The van der Waals surface area contributed by atoms with Crippen LogP contribution >= 0.6 is 12.2 Å². The number of likely N-dealkylation sites (N-methyl/N-ethyl adjacent to an activating group) is 2. The largest absolute Gasteiger partial charge is 0.753 e. The molecule has 0 bridgehead atoms. The molecule has 19 heavy (non-hydrogen) atoms. The zero-order valence-corrected chi connectivity index (χ0v) is 15.1. The van der Waals surface area contributed by atoms with Crippen LogP contribution < -0.4 is 5.32 Å². The minimum atomic E-state index is 0. The molecule has 6 heteroatoms. The molecule has 0 spiro atoms. The number of rotatable bonds is 10. The Morgan fingerprint density at radius 1 is 0.895 bits per heavy atom. The van der Waals surface area contributed by atoms with Crippen LogP contribution in [0, 0.1) is 0 Å². The average molecular weight is 380 g/mol. The van der Waals surface area contributed by atoms with Crippen LogP contribution in [0.3, 0.4) is 0 Å². The third-order valence-electron chi connectivity index (χ3n) is 3.00. The second-order valence-electron chi connectivity index (χ2n) is 3.90. The number of nitrogens with one attached hydrogen (secondary N) is 1. The fourth-order valence-electron chi connectivity index (χ4n) is 1.68. The molecule has 118 valence electrons. The molecule has 0 aliphatic heterocycles. The minimum Gasteiger partial charge on any atom is -0.753 e. The summed E-state index contributed by atoms with van der Waals surface area (Å²) in [4.78, 5) is 4.90. The van der Waals surface area contributed by atoms with Gasteiger partial charge in [-0.1, -0.05) is 39.9 Å². The molecule has 0 heterocycles. The van der Waals surface area contributed by atoms with Crippen LogP contribution in [0.5, 0.6) is 0 Å². The van der Waals surface area contributed by atoms with Crippen molar-refractivity contribution >= 4 is 17.4 Å². The van der Waals surface area contributed by atoms with Gasteiger partial charge in [0, 0.05) is 46.6 Å². The van der Waals surface area contributed by atoms with Gasteiger partial charge in [-0.05, 0) is 26.2 Å². The fourth-order valence-corrected chi connectivity index (χ4v) is 1.68. The molecule has 0 saturated carbocycles. The molecule has 0 aromatic rings. The smallest absolute Gasteiger partial charge is 0.0107 e. The number of isothiocyanates is 1. The van der Waals surface area contributed by atoms with Crippen molar-refractivity contribution in [2.75, 3.05) is 52.4 Å². The van der Waals surface area contributed by atoms with E-state index in [2.05, 4.69) is 55.0 Å². The molecule has 0 aromatic heterocycles. The number of nitrogens with zero attached hydrogens (tertiary/aromatic N) is 3. The third-order valence-corrected chi connectivity index (χ3v) is 3.00. The summed E-state index contributed by atoms with van der Waals surface area (Å²) in [5.41, 5.74) is 0. The first-order valence-electron chi connectivity index (χ1n) is 6.86. The van der Waals surface area contributed by atoms with Gasteiger partial charge >= 0.3 is 0 Å². The van der Waals surface area contributed by atoms with Crippen molar-refractivity contribution in [3.8, 4) is 0 Å². The molecule has 0 saturated heterocycles. The monoisotopic (exact) mass is 379 g/mol. The van der Waals surface area contributed by atoms with Crippen molar-refractivity contribution < 1.29 is 20.4 Å². The average Bonchev–Trinajstić information content (AvgIpc) is 2.39. The molecule has 0 rings (SSSR count). The quantitative estimate of drug-likeness (QED) is 0.272. The van der Waals surface area contributed by atoms with E-state index in [0.29, 0.717) is 0 Å². The summed E-state index contributed by atoms with van der Waals surface area (Å²) in [7, 11) is 0. The second-order valence-corrected chi connectivity index (χ2v) is 4.08. The third kappa shape index (κ3) is 18.3. The van der Waals surface area contributed by atoms with E-state index < -0.39 is 0 Å². The molecule has 0 aromatic carbocycles. The van der Waals surface area contributed by atoms with Crippen molar-refractivity contribution in [2.45, 2.75) is 27.7 Å². The molecule has 0 aliphatic rings. The summed E-state index contributed by atoms with van der Waals surface area (Å²) in [6.45, 7) is 18.1. The molecule has 0 amide bonds. The number of hydrogen-bond acceptors (Lipinski definition) is 4. The van der Waals surface area contributed by atoms with Gasteiger partial charge in [-0.15, -0.1) is 0 Å². The maximum Gasteiger partial charge on any atom is 0.0107 e. The molecule has 0 atom stereocenters. The van der Waals surface area contributed by atoms with Crippen molar-refractivity contribution in [2.24, 2.45) is 0 Å². The Labute approximate surface area is 138 Å². The Balaban J connectivity index is -0.000000580. The fraction of sp³-hybridized carbons (Fsp3) is 0.923. The van der Waals surface area contributed by atoms with Gasteiger partial charge in [-0.25, -0.2) is 0 Å². The van der Waals surface area contributed by atoms with Crippen molar-refractivity contribution in [1.82, 2.24) is 15.1 Å². The Hall–Kier alpha value is 0.342. The van der Waals surface area contributed by atoms with Crippen LogP contribution in [0.4, 0.5) is 0 Å². The molecule has 4 nitrogen and oxygen atoms in total. The Morgan fingerprint density at radius 3 is 1.37 bits per heavy atom. The number of thiocarbonyl (C=S) groups is 1. The SMILES string of the molecule is CCN(CC)CCNCCN(CC)CC.[N-]=C=S.[Pd]. The first-order chi connectivity index (χ1) is 8.69. The van der Waals surface area contributed by atoms with Gasteiger partial charge in [0.25, 0.3) is 0 Å². The first-order valence-corrected chi connectivity index (χ1v) is 7.27. The van der Waals surface area contributed by atoms with Gasteiger partial charge in [0.05, 0.1) is 0 Å². The topological polar surface area (TPSA) is 40.8 Å². The van der Waals surface area contributed by atoms with E-state index in [4.69, 9.17) is 5.41 Å². The molecular weight excluding hydrogens is 351 g/mol. The van der Waals surface area contributed by atoms with Gasteiger partial charge in [-0.2, -0.15) is 5.16 Å². The Kier molecular flexibility index (Phi) is 26.5. The maximum atomic E-state index is 7.13. The van der Waals surface area contributed by atoms with Gasteiger partial charge < -0.3 is 20.5 Å². The molecular formula is C13H29N4PdS-. The van der Waals surface area contributed by atoms with E-state index in [-0.39, 0.29) is 20.4 Å². The molecule has 0 unspecified atom stereocenters. The maximum absolute atomic E-state index is 7.13. The summed E-state index contributed by atoms with van der Waals surface area (Å²) in [6.07, 6.45) is 0. The number of hydrogen-bond donors (Lipinski definition) is 1. The van der Waals surface area contributed by atoms with Crippen LogP contribution in [-0.4, -0.2) is 67.3 Å². The Morgan fingerprint density at radius 2 is 1.16 bits per heavy atom. The minimum absolute atomic E-state index is 0. The van der Waals surface area contributed by atoms with E-state index in [0.717, 1.165) is 39.3 Å². The normalized spacial score (nSPS) is 9.58. The zero-order valence-electron chi connectivity index (χ0n) is 12.7. The first kappa shape index (κ1) is 24.4. The van der Waals surface area contributed by atoms with Gasteiger partial charge in [-0.3, -0.25) is 0 Å². The summed E-state index contributed by atoms with van der Waals surface area (Å²) >= 11 is 3.70. The van der Waals surface area contributed by atoms with Crippen LogP contribution in [0.2, 0.25) is 0 Å². The van der Waals surface area contributed by atoms with Crippen molar-refractivity contribution in [1.29, 1.82) is 0 Å². The Bertz CT molecular complexity index is 177. The van der Waals surface area contributed by atoms with Gasteiger partial charge in [0.2, 0.25) is 0 Å². The molecule has 0 aliphatic carbocycles. The standard InChI is InChI=1S/C12H29N3.CNS.Pd/c1-5-14(6-2)11-9-13-10-12-15(7-3)8-4;2-1-3;/h13H,5-12H2,1-4H3;;/q;-1;. The summed E-state index contributed by atoms with van der Waals surface area (Å²) < 4.78 is 0. The van der Waals surface area contributed by atoms with Crippen LogP contribution in [0.1, 0.15) is 27.7 Å². The van der Waals surface area contributed by atoms with Gasteiger partial charge in [0.1, 0.15) is 0 Å². The zero-order chi connectivity index (χ0) is 14.2. The van der Waals surface area contributed by atoms with Crippen molar-refractivity contribution in [3.63, 3.8) is 0 Å². The van der Waals surface area contributed by atoms with E-state index >= 15 is 0 Å². The van der Waals surface area contributed by atoms with E-state index in [1.165, 1.54) is 18.3 Å². The van der Waals surface area contributed by atoms with Crippen LogP contribution in [0.15, 0.2) is 0 Å². The van der Waals surface area contributed by atoms with Crippen molar-refractivity contribution in [3.05, 3.63) is 5.41 Å². The van der Waals surface area contributed by atoms with E-state index in [1.807, 2.05) is 0 Å². The molecule has 0 radical (unpaired) electrons. The summed E-state index contributed by atoms with van der Waals surface area (Å²) in [5.74, 6) is 0. The summed E-state index contributed by atoms with van der Waals surface area (Å²) in [5, 5.41) is 12.0. The van der Waals surface area contributed by atoms with E-state index in [1.54, 1.807) is 0 Å². The van der Waals surface area contributed by atoms with Crippen LogP contribution in [0.25, 0.3) is 5.41 Å². The van der Waals surface area contributed by atoms with E-state index in [9.17, 15) is 0 Å².